The molecule has 1 aromatic carbocycles. The van der Waals surface area contributed by atoms with Gasteiger partial charge in [0.2, 0.25) is 0 Å². The summed E-state index contributed by atoms with van der Waals surface area (Å²) < 4.78 is 37.0. The number of benzene rings is 1. The van der Waals surface area contributed by atoms with Crippen molar-refractivity contribution in [3.05, 3.63) is 53.5 Å². The van der Waals surface area contributed by atoms with E-state index in [2.05, 4.69) is 0 Å². The van der Waals surface area contributed by atoms with Crippen LogP contribution in [0.4, 0.5) is 13.2 Å². The highest BCUT2D eigenvalue weighted by Crippen LogP contribution is 2.31. The van der Waals surface area contributed by atoms with Crippen LogP contribution in [0.1, 0.15) is 16.7 Å². The number of rotatable bonds is 0. The summed E-state index contributed by atoms with van der Waals surface area (Å²) in [4.78, 5) is 0. The van der Waals surface area contributed by atoms with Gasteiger partial charge in [-0.15, -0.1) is 0 Å². The van der Waals surface area contributed by atoms with Crippen molar-refractivity contribution < 1.29 is 13.2 Å². The quantitative estimate of drug-likeness (QED) is 0.598. The van der Waals surface area contributed by atoms with E-state index >= 15 is 0 Å². The first-order chi connectivity index (χ1) is 6.57. The van der Waals surface area contributed by atoms with Crippen LogP contribution in [0.25, 0.3) is 0 Å². The van der Waals surface area contributed by atoms with Gasteiger partial charge in [0.25, 0.3) is 0 Å². The zero-order valence-electron chi connectivity index (χ0n) is 7.31. The molecule has 0 aromatic heterocycles. The monoisotopic (exact) mass is 197 g/mol. The van der Waals surface area contributed by atoms with Gasteiger partial charge in [-0.25, -0.2) is 0 Å². The first-order valence-corrected chi connectivity index (χ1v) is 4.27. The van der Waals surface area contributed by atoms with Gasteiger partial charge in [-0.2, -0.15) is 13.2 Å². The SMILES string of the molecule is FC(F)(F)c1ccc2c(c1)CC=C[CH]2. The summed E-state index contributed by atoms with van der Waals surface area (Å²) in [6.07, 6.45) is 1.86. The number of halogens is 3. The molecule has 0 spiro atoms. The first kappa shape index (κ1) is 9.31. The summed E-state index contributed by atoms with van der Waals surface area (Å²) in [5.74, 6) is 0. The van der Waals surface area contributed by atoms with Crippen LogP contribution in [0.2, 0.25) is 0 Å². The summed E-state index contributed by atoms with van der Waals surface area (Å²) in [5, 5.41) is 0. The zero-order valence-corrected chi connectivity index (χ0v) is 7.31. The van der Waals surface area contributed by atoms with E-state index in [9.17, 15) is 13.2 Å². The third-order valence-corrected chi connectivity index (χ3v) is 2.22. The zero-order chi connectivity index (χ0) is 10.2. The van der Waals surface area contributed by atoms with Crippen LogP contribution in [0.5, 0.6) is 0 Å². The lowest BCUT2D eigenvalue weighted by Gasteiger charge is -2.13. The molecule has 0 saturated carbocycles. The molecule has 2 rings (SSSR count). The standard InChI is InChI=1S/C11H8F3/c12-11(13,14)10-6-5-8-3-1-2-4-9(8)7-10/h1-3,5-7H,4H2. The van der Waals surface area contributed by atoms with Crippen LogP contribution in [-0.2, 0) is 12.6 Å². The molecule has 1 aromatic rings. The third-order valence-electron chi connectivity index (χ3n) is 2.22. The summed E-state index contributed by atoms with van der Waals surface area (Å²) in [5.41, 5.74) is 1.04. The second kappa shape index (κ2) is 3.15. The fourth-order valence-corrected chi connectivity index (χ4v) is 1.49. The minimum Gasteiger partial charge on any atom is -0.166 e. The van der Waals surface area contributed by atoms with Gasteiger partial charge in [-0.05, 0) is 29.7 Å². The molecule has 0 bridgehead atoms. The number of fused-ring (bicyclic) bond motifs is 1. The molecular weight excluding hydrogens is 189 g/mol. The van der Waals surface area contributed by atoms with Crippen LogP contribution in [-0.4, -0.2) is 0 Å². The second-order valence-corrected chi connectivity index (χ2v) is 3.21. The molecule has 0 fully saturated rings. The Kier molecular flexibility index (Phi) is 2.10. The van der Waals surface area contributed by atoms with Gasteiger partial charge < -0.3 is 0 Å². The van der Waals surface area contributed by atoms with E-state index in [1.165, 1.54) is 12.1 Å². The maximum absolute atomic E-state index is 12.3. The van der Waals surface area contributed by atoms with Crippen molar-refractivity contribution in [2.24, 2.45) is 0 Å². The fraction of sp³-hybridized carbons (Fsp3) is 0.182. The smallest absolute Gasteiger partial charge is 0.166 e. The Bertz CT molecular complexity index is 375. The van der Waals surface area contributed by atoms with Gasteiger partial charge in [-0.3, -0.25) is 0 Å². The predicted octanol–water partition coefficient (Wildman–Crippen LogP) is 3.37. The highest BCUT2D eigenvalue weighted by atomic mass is 19.4. The van der Waals surface area contributed by atoms with Crippen molar-refractivity contribution in [1.82, 2.24) is 0 Å². The number of hydrogen-bond acceptors (Lipinski definition) is 0. The summed E-state index contributed by atoms with van der Waals surface area (Å²) in [7, 11) is 0. The van der Waals surface area contributed by atoms with Crippen molar-refractivity contribution in [2.75, 3.05) is 0 Å². The molecular formula is C11H8F3. The van der Waals surface area contributed by atoms with E-state index in [1.807, 2.05) is 18.6 Å². The average molecular weight is 197 g/mol. The lowest BCUT2D eigenvalue weighted by atomic mass is 9.95. The van der Waals surface area contributed by atoms with Crippen molar-refractivity contribution in [2.45, 2.75) is 12.6 Å². The number of allylic oxidation sites excluding steroid dienone is 2. The lowest BCUT2D eigenvalue weighted by molar-refractivity contribution is -0.137. The first-order valence-electron chi connectivity index (χ1n) is 4.27. The lowest BCUT2D eigenvalue weighted by Crippen LogP contribution is -2.07. The van der Waals surface area contributed by atoms with Gasteiger partial charge >= 0.3 is 6.18 Å². The minimum absolute atomic E-state index is 0.569. The fourth-order valence-electron chi connectivity index (χ4n) is 1.49. The molecule has 0 unspecified atom stereocenters. The Hall–Kier alpha value is -1.25. The largest absolute Gasteiger partial charge is 0.416 e. The summed E-state index contributed by atoms with van der Waals surface area (Å²) in [6.45, 7) is 0. The molecule has 73 valence electrons. The third kappa shape index (κ3) is 1.67. The van der Waals surface area contributed by atoms with E-state index in [4.69, 9.17) is 0 Å². The van der Waals surface area contributed by atoms with E-state index in [1.54, 1.807) is 0 Å². The van der Waals surface area contributed by atoms with Crippen LogP contribution in [0.15, 0.2) is 30.4 Å². The van der Waals surface area contributed by atoms with Crippen molar-refractivity contribution in [1.29, 1.82) is 0 Å². The van der Waals surface area contributed by atoms with Gasteiger partial charge in [0.05, 0.1) is 5.56 Å². The molecule has 1 aliphatic rings. The Balaban J connectivity index is 2.41. The molecule has 0 amide bonds. The molecule has 1 radical (unpaired) electrons. The maximum Gasteiger partial charge on any atom is 0.416 e. The minimum atomic E-state index is -4.24. The Morgan fingerprint density at radius 3 is 2.64 bits per heavy atom. The number of alkyl halides is 3. The van der Waals surface area contributed by atoms with Gasteiger partial charge in [0.15, 0.2) is 0 Å². The maximum atomic E-state index is 12.3. The molecule has 0 atom stereocenters. The van der Waals surface area contributed by atoms with Crippen LogP contribution in [0.3, 0.4) is 0 Å². The Morgan fingerprint density at radius 1 is 1.14 bits per heavy atom. The van der Waals surface area contributed by atoms with E-state index in [-0.39, 0.29) is 0 Å². The molecule has 0 N–H and O–H groups in total. The van der Waals surface area contributed by atoms with Crippen LogP contribution < -0.4 is 0 Å². The average Bonchev–Trinajstić information content (AvgIpc) is 2.16. The van der Waals surface area contributed by atoms with Gasteiger partial charge in [0.1, 0.15) is 0 Å². The van der Waals surface area contributed by atoms with Crippen molar-refractivity contribution in [3.63, 3.8) is 0 Å². The predicted molar refractivity (Wildman–Crippen MR) is 47.7 cm³/mol. The normalized spacial score (nSPS) is 15.4. The second-order valence-electron chi connectivity index (χ2n) is 3.21. The van der Waals surface area contributed by atoms with E-state index in [0.29, 0.717) is 6.42 Å². The highest BCUT2D eigenvalue weighted by Gasteiger charge is 2.30. The summed E-state index contributed by atoms with van der Waals surface area (Å²) in [6, 6.07) is 3.85. The Labute approximate surface area is 80.1 Å². The number of hydrogen-bond donors (Lipinski definition) is 0. The molecule has 3 heteroatoms. The van der Waals surface area contributed by atoms with Crippen LogP contribution >= 0.6 is 0 Å². The molecule has 0 saturated heterocycles. The van der Waals surface area contributed by atoms with E-state index in [0.717, 1.165) is 17.2 Å². The Morgan fingerprint density at radius 2 is 1.93 bits per heavy atom. The van der Waals surface area contributed by atoms with Crippen molar-refractivity contribution >= 4 is 0 Å². The molecule has 14 heavy (non-hydrogen) atoms. The summed E-state index contributed by atoms with van der Waals surface area (Å²) >= 11 is 0. The van der Waals surface area contributed by atoms with Crippen LogP contribution in [0, 0.1) is 6.42 Å². The molecule has 1 aliphatic carbocycles. The van der Waals surface area contributed by atoms with Gasteiger partial charge in [-0.1, -0.05) is 18.2 Å². The topological polar surface area (TPSA) is 0 Å². The van der Waals surface area contributed by atoms with Gasteiger partial charge in [0, 0.05) is 6.42 Å². The van der Waals surface area contributed by atoms with Crippen molar-refractivity contribution in [3.8, 4) is 0 Å². The highest BCUT2D eigenvalue weighted by molar-refractivity contribution is 5.43. The molecule has 0 nitrogen and oxygen atoms in total. The molecule has 0 aliphatic heterocycles. The van der Waals surface area contributed by atoms with E-state index < -0.39 is 11.7 Å². The molecule has 0 heterocycles.